The second kappa shape index (κ2) is 9.03. The van der Waals surface area contributed by atoms with E-state index in [-0.39, 0.29) is 11.8 Å². The van der Waals surface area contributed by atoms with Crippen LogP contribution in [0.15, 0.2) is 53.4 Å². The molecule has 1 aromatic heterocycles. The van der Waals surface area contributed by atoms with E-state index >= 15 is 0 Å². The summed E-state index contributed by atoms with van der Waals surface area (Å²) in [5.41, 5.74) is 3.82. The van der Waals surface area contributed by atoms with Gasteiger partial charge in [0.2, 0.25) is 5.91 Å². The molecule has 0 aliphatic carbocycles. The molecule has 0 saturated carbocycles. The SMILES string of the molecule is CN1CCN(CC2=CCCOC2)CC(Cc2ccc(-c3cccs3)cc2)C1=O. The van der Waals surface area contributed by atoms with E-state index in [9.17, 15) is 4.79 Å². The molecule has 2 aliphatic rings. The van der Waals surface area contributed by atoms with Gasteiger partial charge < -0.3 is 9.64 Å². The van der Waals surface area contributed by atoms with E-state index in [4.69, 9.17) is 4.74 Å². The second-order valence-electron chi connectivity index (χ2n) is 7.77. The van der Waals surface area contributed by atoms with Crippen LogP contribution in [0.2, 0.25) is 0 Å². The van der Waals surface area contributed by atoms with Gasteiger partial charge in [-0.25, -0.2) is 0 Å². The largest absolute Gasteiger partial charge is 0.377 e. The first kappa shape index (κ1) is 19.4. The normalized spacial score (nSPS) is 21.5. The van der Waals surface area contributed by atoms with E-state index in [0.29, 0.717) is 0 Å². The molecule has 1 fully saturated rings. The molecule has 1 amide bonds. The highest BCUT2D eigenvalue weighted by atomic mass is 32.1. The Morgan fingerprint density at radius 3 is 2.75 bits per heavy atom. The maximum absolute atomic E-state index is 12.9. The zero-order chi connectivity index (χ0) is 19.3. The zero-order valence-electron chi connectivity index (χ0n) is 16.5. The predicted octanol–water partition coefficient (Wildman–Crippen LogP) is 3.69. The minimum absolute atomic E-state index is 0.00481. The van der Waals surface area contributed by atoms with E-state index in [1.165, 1.54) is 21.6 Å². The Kier molecular flexibility index (Phi) is 6.25. The minimum Gasteiger partial charge on any atom is -0.377 e. The zero-order valence-corrected chi connectivity index (χ0v) is 17.3. The number of benzene rings is 1. The molecule has 4 rings (SSSR count). The van der Waals surface area contributed by atoms with Crippen molar-refractivity contribution in [3.05, 3.63) is 59.0 Å². The summed E-state index contributed by atoms with van der Waals surface area (Å²) in [4.78, 5) is 18.5. The van der Waals surface area contributed by atoms with Crippen molar-refractivity contribution in [2.45, 2.75) is 12.8 Å². The maximum Gasteiger partial charge on any atom is 0.227 e. The standard InChI is InChI=1S/C23H28N2O2S/c1-24-10-11-25(15-19-4-2-12-27-17-19)16-21(23(24)26)14-18-6-8-20(9-7-18)22-5-3-13-28-22/h3-9,13,21H,2,10-12,14-17H2,1H3. The van der Waals surface area contributed by atoms with Gasteiger partial charge in [0.1, 0.15) is 0 Å². The molecular formula is C23H28N2O2S. The molecule has 2 aliphatic heterocycles. The molecule has 2 aromatic rings. The molecular weight excluding hydrogens is 368 g/mol. The van der Waals surface area contributed by atoms with Crippen molar-refractivity contribution in [3.63, 3.8) is 0 Å². The van der Waals surface area contributed by atoms with E-state index in [2.05, 4.69) is 52.8 Å². The van der Waals surface area contributed by atoms with Crippen LogP contribution in [0.4, 0.5) is 0 Å². The lowest BCUT2D eigenvalue weighted by molar-refractivity contribution is -0.133. The molecule has 28 heavy (non-hydrogen) atoms. The van der Waals surface area contributed by atoms with Gasteiger partial charge in [-0.2, -0.15) is 0 Å². The number of nitrogens with zero attached hydrogens (tertiary/aromatic N) is 2. The fraction of sp³-hybridized carbons (Fsp3) is 0.435. The average Bonchev–Trinajstić information content (AvgIpc) is 3.23. The van der Waals surface area contributed by atoms with Crippen molar-refractivity contribution in [1.82, 2.24) is 9.80 Å². The summed E-state index contributed by atoms with van der Waals surface area (Å²) in [5.74, 6) is 0.268. The minimum atomic E-state index is 0.00481. The first-order chi connectivity index (χ1) is 13.7. The lowest BCUT2D eigenvalue weighted by Crippen LogP contribution is -2.35. The Morgan fingerprint density at radius 2 is 2.04 bits per heavy atom. The van der Waals surface area contributed by atoms with Crippen molar-refractivity contribution in [3.8, 4) is 10.4 Å². The Balaban J connectivity index is 1.44. The van der Waals surface area contributed by atoms with Gasteiger partial charge in [-0.15, -0.1) is 11.3 Å². The van der Waals surface area contributed by atoms with Crippen molar-refractivity contribution >= 4 is 17.2 Å². The molecule has 148 valence electrons. The summed E-state index contributed by atoms with van der Waals surface area (Å²) in [6, 6.07) is 12.9. The topological polar surface area (TPSA) is 32.8 Å². The molecule has 4 nitrogen and oxygen atoms in total. The second-order valence-corrected chi connectivity index (χ2v) is 8.72. The summed E-state index contributed by atoms with van der Waals surface area (Å²) < 4.78 is 5.59. The van der Waals surface area contributed by atoms with Crippen LogP contribution in [-0.2, 0) is 16.0 Å². The first-order valence-corrected chi connectivity index (χ1v) is 10.9. The highest BCUT2D eigenvalue weighted by molar-refractivity contribution is 7.13. The number of hydrogen-bond donors (Lipinski definition) is 0. The fourth-order valence-corrected chi connectivity index (χ4v) is 4.76. The average molecular weight is 397 g/mol. The first-order valence-electron chi connectivity index (χ1n) is 10.0. The molecule has 1 unspecified atom stereocenters. The quantitative estimate of drug-likeness (QED) is 0.723. The van der Waals surface area contributed by atoms with Crippen molar-refractivity contribution in [2.75, 3.05) is 46.4 Å². The highest BCUT2D eigenvalue weighted by Gasteiger charge is 2.29. The number of carbonyl (C=O) groups is 1. The molecule has 1 saturated heterocycles. The number of hydrogen-bond acceptors (Lipinski definition) is 4. The Hall–Kier alpha value is -1.95. The summed E-state index contributed by atoms with van der Waals surface area (Å²) in [6.07, 6.45) is 4.10. The fourth-order valence-electron chi connectivity index (χ4n) is 4.03. The van der Waals surface area contributed by atoms with Gasteiger partial charge in [-0.1, -0.05) is 36.4 Å². The number of carbonyl (C=O) groups excluding carboxylic acids is 1. The van der Waals surface area contributed by atoms with Crippen molar-refractivity contribution in [2.24, 2.45) is 5.92 Å². The van der Waals surface area contributed by atoms with Crippen LogP contribution in [0.3, 0.4) is 0 Å². The third kappa shape index (κ3) is 4.72. The summed E-state index contributed by atoms with van der Waals surface area (Å²) in [6.45, 7) is 5.00. The highest BCUT2D eigenvalue weighted by Crippen LogP contribution is 2.26. The number of ether oxygens (including phenoxy) is 1. The van der Waals surface area contributed by atoms with Gasteiger partial charge >= 0.3 is 0 Å². The lowest BCUT2D eigenvalue weighted by Gasteiger charge is -2.25. The summed E-state index contributed by atoms with van der Waals surface area (Å²) in [7, 11) is 1.93. The van der Waals surface area contributed by atoms with Crippen molar-refractivity contribution in [1.29, 1.82) is 0 Å². The van der Waals surface area contributed by atoms with E-state index in [0.717, 1.165) is 52.2 Å². The van der Waals surface area contributed by atoms with Crippen LogP contribution in [-0.4, -0.2) is 62.1 Å². The summed E-state index contributed by atoms with van der Waals surface area (Å²) in [5, 5.41) is 2.10. The molecule has 0 bridgehead atoms. The third-order valence-electron chi connectivity index (χ3n) is 5.61. The van der Waals surface area contributed by atoms with E-state index in [1.807, 2.05) is 11.9 Å². The molecule has 0 N–H and O–H groups in total. The van der Waals surface area contributed by atoms with E-state index in [1.54, 1.807) is 11.3 Å². The van der Waals surface area contributed by atoms with Gasteiger partial charge in [-0.3, -0.25) is 9.69 Å². The van der Waals surface area contributed by atoms with Gasteiger partial charge in [0, 0.05) is 38.1 Å². The number of rotatable bonds is 5. The maximum atomic E-state index is 12.9. The number of amides is 1. The van der Waals surface area contributed by atoms with Gasteiger partial charge in [0.15, 0.2) is 0 Å². The monoisotopic (exact) mass is 396 g/mol. The van der Waals surface area contributed by atoms with Crippen LogP contribution in [0.25, 0.3) is 10.4 Å². The van der Waals surface area contributed by atoms with Gasteiger partial charge in [0.05, 0.1) is 19.1 Å². The smallest absolute Gasteiger partial charge is 0.227 e. The molecule has 3 heterocycles. The molecule has 5 heteroatoms. The van der Waals surface area contributed by atoms with Gasteiger partial charge in [-0.05, 0) is 41.0 Å². The van der Waals surface area contributed by atoms with Crippen LogP contribution in [0.1, 0.15) is 12.0 Å². The summed E-state index contributed by atoms with van der Waals surface area (Å²) >= 11 is 1.75. The molecule has 1 atom stereocenters. The Labute approximate surface area is 171 Å². The number of thiophene rings is 1. The molecule has 0 radical (unpaired) electrons. The van der Waals surface area contributed by atoms with E-state index < -0.39 is 0 Å². The number of likely N-dealkylation sites (N-methyl/N-ethyl adjacent to an activating group) is 1. The van der Waals surface area contributed by atoms with Crippen LogP contribution < -0.4 is 0 Å². The Bertz CT molecular complexity index is 814. The van der Waals surface area contributed by atoms with Crippen LogP contribution >= 0.6 is 11.3 Å². The Morgan fingerprint density at radius 1 is 1.18 bits per heavy atom. The third-order valence-corrected chi connectivity index (χ3v) is 6.53. The predicted molar refractivity (Wildman–Crippen MR) is 115 cm³/mol. The van der Waals surface area contributed by atoms with Crippen LogP contribution in [0.5, 0.6) is 0 Å². The lowest BCUT2D eigenvalue weighted by atomic mass is 9.96. The van der Waals surface area contributed by atoms with Crippen LogP contribution in [0, 0.1) is 5.92 Å². The molecule has 1 aromatic carbocycles. The van der Waals surface area contributed by atoms with Gasteiger partial charge in [0.25, 0.3) is 0 Å². The van der Waals surface area contributed by atoms with Crippen molar-refractivity contribution < 1.29 is 9.53 Å². The molecule has 0 spiro atoms.